The third-order valence-electron chi connectivity index (χ3n) is 6.68. The molecule has 2 fully saturated rings. The van der Waals surface area contributed by atoms with Crippen LogP contribution in [0.5, 0.6) is 0 Å². The zero-order valence-electron chi connectivity index (χ0n) is 16.9. The highest BCUT2D eigenvalue weighted by Gasteiger charge is 2.36. The van der Waals surface area contributed by atoms with Crippen molar-refractivity contribution in [2.45, 2.75) is 64.0 Å². The second kappa shape index (κ2) is 7.95. The Labute approximate surface area is 166 Å². The van der Waals surface area contributed by atoms with E-state index in [9.17, 15) is 14.7 Å². The minimum absolute atomic E-state index is 0.0314. The number of β-amino-alcohol motifs (C(OH)–C–C–N with tert-alkyl or cyclic N) is 1. The summed E-state index contributed by atoms with van der Waals surface area (Å²) >= 11 is 0. The van der Waals surface area contributed by atoms with Crippen LogP contribution in [0, 0.1) is 5.92 Å². The van der Waals surface area contributed by atoms with Crippen LogP contribution in [0.4, 0.5) is 0 Å². The second-order valence-corrected chi connectivity index (χ2v) is 8.98. The number of amides is 1. The van der Waals surface area contributed by atoms with Gasteiger partial charge in [-0.15, -0.1) is 0 Å². The Balaban J connectivity index is 1.30. The molecule has 0 aromatic carbocycles. The standard InChI is InChI=1S/C21H32N4O3/c1-16(26)24-9-3-8-21(28,15-24)14-23-10-6-17(7-11-23)13-25-20(27)12-18-4-2-5-19(18)22-25/h12,17,28H,2-11,13-15H2,1H3. The monoisotopic (exact) mass is 388 g/mol. The zero-order chi connectivity index (χ0) is 19.7. The number of hydrogen-bond donors (Lipinski definition) is 1. The molecule has 3 heterocycles. The normalized spacial score (nSPS) is 26.4. The molecule has 154 valence electrons. The van der Waals surface area contributed by atoms with Gasteiger partial charge in [-0.1, -0.05) is 0 Å². The first kappa shape index (κ1) is 19.6. The minimum Gasteiger partial charge on any atom is -0.387 e. The molecule has 1 aromatic heterocycles. The van der Waals surface area contributed by atoms with Gasteiger partial charge in [0.25, 0.3) is 5.56 Å². The lowest BCUT2D eigenvalue weighted by atomic mass is 9.90. The largest absolute Gasteiger partial charge is 0.387 e. The number of aromatic nitrogens is 2. The zero-order valence-corrected chi connectivity index (χ0v) is 16.9. The van der Waals surface area contributed by atoms with Crippen molar-refractivity contribution in [1.29, 1.82) is 0 Å². The lowest BCUT2D eigenvalue weighted by Gasteiger charge is -2.43. The fraction of sp³-hybridized carbons (Fsp3) is 0.762. The van der Waals surface area contributed by atoms with Crippen molar-refractivity contribution >= 4 is 5.91 Å². The summed E-state index contributed by atoms with van der Waals surface area (Å²) in [5, 5.41) is 15.6. The Morgan fingerprint density at radius 3 is 2.79 bits per heavy atom. The van der Waals surface area contributed by atoms with Crippen LogP contribution < -0.4 is 5.56 Å². The molecule has 1 aliphatic carbocycles. The van der Waals surface area contributed by atoms with Gasteiger partial charge in [0.1, 0.15) is 0 Å². The number of nitrogens with zero attached hydrogens (tertiary/aromatic N) is 4. The van der Waals surface area contributed by atoms with Gasteiger partial charge in [0, 0.05) is 32.6 Å². The first-order valence-corrected chi connectivity index (χ1v) is 10.7. The average molecular weight is 389 g/mol. The van der Waals surface area contributed by atoms with E-state index in [2.05, 4.69) is 10.00 Å². The van der Waals surface area contributed by atoms with Gasteiger partial charge < -0.3 is 14.9 Å². The molecule has 1 amide bonds. The van der Waals surface area contributed by atoms with E-state index < -0.39 is 5.60 Å². The smallest absolute Gasteiger partial charge is 0.267 e. The molecule has 0 bridgehead atoms. The van der Waals surface area contributed by atoms with E-state index in [4.69, 9.17) is 0 Å². The third-order valence-corrected chi connectivity index (χ3v) is 6.68. The average Bonchev–Trinajstić information content (AvgIpc) is 3.10. The number of fused-ring (bicyclic) bond motifs is 1. The molecule has 2 saturated heterocycles. The van der Waals surface area contributed by atoms with Crippen molar-refractivity contribution in [3.63, 3.8) is 0 Å². The van der Waals surface area contributed by atoms with Gasteiger partial charge in [0.15, 0.2) is 0 Å². The number of carbonyl (C=O) groups is 1. The lowest BCUT2D eigenvalue weighted by Crippen LogP contribution is -2.56. The van der Waals surface area contributed by atoms with Crippen molar-refractivity contribution in [3.8, 4) is 0 Å². The molecule has 1 atom stereocenters. The van der Waals surface area contributed by atoms with Crippen LogP contribution in [0.2, 0.25) is 0 Å². The molecule has 1 aromatic rings. The topological polar surface area (TPSA) is 78.7 Å². The molecule has 1 unspecified atom stereocenters. The summed E-state index contributed by atoms with van der Waals surface area (Å²) in [6.45, 7) is 5.94. The van der Waals surface area contributed by atoms with Crippen LogP contribution in [-0.2, 0) is 24.2 Å². The van der Waals surface area contributed by atoms with Gasteiger partial charge in [-0.25, -0.2) is 4.68 Å². The van der Waals surface area contributed by atoms with Crippen molar-refractivity contribution < 1.29 is 9.90 Å². The maximum atomic E-state index is 12.3. The van der Waals surface area contributed by atoms with Crippen LogP contribution in [0.15, 0.2) is 10.9 Å². The van der Waals surface area contributed by atoms with Gasteiger partial charge in [0.2, 0.25) is 5.91 Å². The van der Waals surface area contributed by atoms with E-state index in [1.165, 1.54) is 0 Å². The van der Waals surface area contributed by atoms with Crippen LogP contribution >= 0.6 is 0 Å². The van der Waals surface area contributed by atoms with Gasteiger partial charge in [-0.2, -0.15) is 5.10 Å². The summed E-state index contributed by atoms with van der Waals surface area (Å²) in [4.78, 5) is 28.1. The highest BCUT2D eigenvalue weighted by Crippen LogP contribution is 2.26. The first-order valence-electron chi connectivity index (χ1n) is 10.7. The maximum absolute atomic E-state index is 12.3. The molecule has 7 nitrogen and oxygen atoms in total. The van der Waals surface area contributed by atoms with Crippen molar-refractivity contribution in [2.24, 2.45) is 5.92 Å². The number of aryl methyl sites for hydroxylation is 2. The number of rotatable bonds is 4. The predicted molar refractivity (Wildman–Crippen MR) is 106 cm³/mol. The van der Waals surface area contributed by atoms with Crippen molar-refractivity contribution in [3.05, 3.63) is 27.7 Å². The SMILES string of the molecule is CC(=O)N1CCCC(O)(CN2CCC(Cn3nc4c(cc3=O)CCC4)CC2)C1. The summed E-state index contributed by atoms with van der Waals surface area (Å²) in [5.41, 5.74) is 1.47. The number of aliphatic hydroxyl groups is 1. The molecule has 0 saturated carbocycles. The van der Waals surface area contributed by atoms with Crippen molar-refractivity contribution in [2.75, 3.05) is 32.7 Å². The summed E-state index contributed by atoms with van der Waals surface area (Å²) < 4.78 is 1.67. The fourth-order valence-corrected chi connectivity index (χ4v) is 5.07. The highest BCUT2D eigenvalue weighted by molar-refractivity contribution is 5.73. The Bertz CT molecular complexity index is 784. The predicted octanol–water partition coefficient (Wildman–Crippen LogP) is 0.817. The van der Waals surface area contributed by atoms with Gasteiger partial charge in [-0.05, 0) is 69.5 Å². The van der Waals surface area contributed by atoms with Gasteiger partial charge in [-0.3, -0.25) is 9.59 Å². The molecule has 2 aliphatic heterocycles. The van der Waals surface area contributed by atoms with E-state index in [0.29, 0.717) is 25.6 Å². The quantitative estimate of drug-likeness (QED) is 0.826. The fourth-order valence-electron chi connectivity index (χ4n) is 5.07. The van der Waals surface area contributed by atoms with E-state index in [0.717, 1.165) is 75.8 Å². The van der Waals surface area contributed by atoms with E-state index >= 15 is 0 Å². The van der Waals surface area contributed by atoms with Crippen molar-refractivity contribution in [1.82, 2.24) is 19.6 Å². The van der Waals surface area contributed by atoms with Crippen LogP contribution in [0.25, 0.3) is 0 Å². The molecule has 4 rings (SSSR count). The van der Waals surface area contributed by atoms with Crippen LogP contribution in [0.3, 0.4) is 0 Å². The molecule has 0 radical (unpaired) electrons. The summed E-state index contributed by atoms with van der Waals surface area (Å²) in [6.07, 6.45) is 6.72. The Kier molecular flexibility index (Phi) is 5.56. The number of piperidine rings is 2. The Morgan fingerprint density at radius 2 is 2.04 bits per heavy atom. The van der Waals surface area contributed by atoms with Gasteiger partial charge >= 0.3 is 0 Å². The van der Waals surface area contributed by atoms with Gasteiger partial charge in [0.05, 0.1) is 17.8 Å². The Hall–Kier alpha value is -1.73. The van der Waals surface area contributed by atoms with Crippen LogP contribution in [0.1, 0.15) is 50.3 Å². The molecule has 28 heavy (non-hydrogen) atoms. The van der Waals surface area contributed by atoms with Crippen LogP contribution in [-0.4, -0.2) is 68.9 Å². The molecule has 3 aliphatic rings. The molecule has 7 heteroatoms. The number of carbonyl (C=O) groups excluding carboxylic acids is 1. The molecule has 0 spiro atoms. The Morgan fingerprint density at radius 1 is 1.25 bits per heavy atom. The molecule has 1 N–H and O–H groups in total. The summed E-state index contributed by atoms with van der Waals surface area (Å²) in [5.74, 6) is 0.500. The van der Waals surface area contributed by atoms with E-state index in [-0.39, 0.29) is 11.5 Å². The first-order chi connectivity index (χ1) is 13.4. The highest BCUT2D eigenvalue weighted by atomic mass is 16.3. The second-order valence-electron chi connectivity index (χ2n) is 8.98. The summed E-state index contributed by atoms with van der Waals surface area (Å²) in [6, 6.07) is 1.78. The lowest BCUT2D eigenvalue weighted by molar-refractivity contribution is -0.137. The minimum atomic E-state index is -0.796. The number of hydrogen-bond acceptors (Lipinski definition) is 5. The van der Waals surface area contributed by atoms with E-state index in [1.54, 1.807) is 22.6 Å². The maximum Gasteiger partial charge on any atom is 0.267 e. The summed E-state index contributed by atoms with van der Waals surface area (Å²) in [7, 11) is 0. The van der Waals surface area contributed by atoms with E-state index in [1.807, 2.05) is 0 Å². The number of likely N-dealkylation sites (tertiary alicyclic amines) is 2. The molecular formula is C21H32N4O3. The third kappa shape index (κ3) is 4.30. The molecular weight excluding hydrogens is 356 g/mol.